The van der Waals surface area contributed by atoms with Gasteiger partial charge in [-0.2, -0.15) is 0 Å². The van der Waals surface area contributed by atoms with Crippen LogP contribution >= 0.6 is 0 Å². The summed E-state index contributed by atoms with van der Waals surface area (Å²) in [6.07, 6.45) is 9.61. The summed E-state index contributed by atoms with van der Waals surface area (Å²) in [5.74, 6) is 1.55. The van der Waals surface area contributed by atoms with Crippen LogP contribution < -0.4 is 0 Å². The van der Waals surface area contributed by atoms with Crippen LogP contribution in [-0.2, 0) is 23.7 Å². The summed E-state index contributed by atoms with van der Waals surface area (Å²) >= 11 is 0. The predicted octanol–water partition coefficient (Wildman–Crippen LogP) is 3.65. The highest BCUT2D eigenvalue weighted by molar-refractivity contribution is 5.26. The van der Waals surface area contributed by atoms with E-state index in [1.54, 1.807) is 0 Å². The quantitative estimate of drug-likeness (QED) is 0.591. The van der Waals surface area contributed by atoms with Crippen molar-refractivity contribution >= 4 is 0 Å². The van der Waals surface area contributed by atoms with Crippen molar-refractivity contribution in [3.8, 4) is 0 Å². The van der Waals surface area contributed by atoms with Crippen LogP contribution in [-0.4, -0.2) is 49.7 Å². The molecule has 5 nitrogen and oxygen atoms in total. The van der Waals surface area contributed by atoms with Crippen LogP contribution in [0.25, 0.3) is 0 Å². The molecule has 3 aliphatic heterocycles. The first-order valence-electron chi connectivity index (χ1n) is 11.7. The maximum absolute atomic E-state index is 6.63. The van der Waals surface area contributed by atoms with Crippen molar-refractivity contribution in [3.05, 3.63) is 0 Å². The monoisotopic (exact) mass is 390 g/mol. The molecule has 0 amide bonds. The molecule has 7 fully saturated rings. The van der Waals surface area contributed by atoms with Crippen LogP contribution in [0, 0.1) is 28.6 Å². The van der Waals surface area contributed by atoms with Gasteiger partial charge >= 0.3 is 0 Å². The average molecular weight is 391 g/mol. The smallest absolute Gasteiger partial charge is 0.174 e. The molecule has 4 saturated carbocycles. The van der Waals surface area contributed by atoms with E-state index in [2.05, 4.69) is 13.8 Å². The molecule has 0 aromatic carbocycles. The van der Waals surface area contributed by atoms with Gasteiger partial charge in [-0.3, -0.25) is 0 Å². The average Bonchev–Trinajstić information content (AvgIpc) is 3.06. The van der Waals surface area contributed by atoms with Gasteiger partial charge in [-0.25, -0.2) is 0 Å². The lowest BCUT2D eigenvalue weighted by Gasteiger charge is -2.60. The summed E-state index contributed by atoms with van der Waals surface area (Å²) in [5.41, 5.74) is 0.431. The molecule has 0 aromatic rings. The first kappa shape index (κ1) is 17.5. The molecule has 0 aromatic heterocycles. The molecule has 156 valence electrons. The van der Waals surface area contributed by atoms with Crippen molar-refractivity contribution in [2.24, 2.45) is 28.6 Å². The number of rotatable bonds is 0. The molecule has 5 heteroatoms. The second-order valence-electron chi connectivity index (χ2n) is 11.3. The zero-order chi connectivity index (χ0) is 18.8. The van der Waals surface area contributed by atoms with Crippen molar-refractivity contribution in [1.29, 1.82) is 0 Å². The van der Waals surface area contributed by atoms with E-state index < -0.39 is 0 Å². The first-order valence-corrected chi connectivity index (χ1v) is 11.7. The van der Waals surface area contributed by atoms with Crippen LogP contribution in [0.5, 0.6) is 0 Å². The van der Waals surface area contributed by atoms with Gasteiger partial charge in [0.05, 0.1) is 32.5 Å². The number of hydrogen-bond donors (Lipinski definition) is 0. The molecular weight excluding hydrogens is 356 g/mol. The molecule has 28 heavy (non-hydrogen) atoms. The van der Waals surface area contributed by atoms with Gasteiger partial charge in [-0.1, -0.05) is 13.8 Å². The summed E-state index contributed by atoms with van der Waals surface area (Å²) in [4.78, 5) is 0. The summed E-state index contributed by atoms with van der Waals surface area (Å²) in [6, 6.07) is 0. The zero-order valence-electron chi connectivity index (χ0n) is 17.3. The standard InChI is InChI=1S/C23H34O5/c1-19-7-8-21(24-9-10-25-21)14-22(19)18(28-22)13-15-16(19)3-5-20(2)17(15)4-6-23(20)26-11-12-27-23/h15-18H,3-14H2,1-2H3/t15?,16?,17?,18-,19-,20+,22-/m1/s1. The molecule has 7 rings (SSSR count). The second kappa shape index (κ2) is 5.16. The van der Waals surface area contributed by atoms with Gasteiger partial charge in [0, 0.05) is 30.1 Å². The number of hydrogen-bond acceptors (Lipinski definition) is 5. The van der Waals surface area contributed by atoms with E-state index in [0.717, 1.165) is 57.5 Å². The van der Waals surface area contributed by atoms with Crippen LogP contribution in [0.15, 0.2) is 0 Å². The highest BCUT2D eigenvalue weighted by atomic mass is 16.7. The molecule has 7 aliphatic rings. The van der Waals surface area contributed by atoms with Gasteiger partial charge in [0.15, 0.2) is 11.6 Å². The molecule has 3 saturated heterocycles. The van der Waals surface area contributed by atoms with Gasteiger partial charge in [-0.15, -0.1) is 0 Å². The van der Waals surface area contributed by atoms with Crippen molar-refractivity contribution in [1.82, 2.24) is 0 Å². The summed E-state index contributed by atoms with van der Waals surface area (Å²) in [5, 5.41) is 0. The minimum absolute atomic E-state index is 0.00114. The summed E-state index contributed by atoms with van der Waals surface area (Å²) in [7, 11) is 0. The highest BCUT2D eigenvalue weighted by Gasteiger charge is 2.79. The molecule has 3 unspecified atom stereocenters. The Bertz CT molecular complexity index is 697. The van der Waals surface area contributed by atoms with Crippen LogP contribution in [0.2, 0.25) is 0 Å². The van der Waals surface area contributed by atoms with Crippen molar-refractivity contribution in [2.45, 2.75) is 88.5 Å². The van der Waals surface area contributed by atoms with E-state index >= 15 is 0 Å². The zero-order valence-corrected chi connectivity index (χ0v) is 17.3. The Morgan fingerprint density at radius 3 is 2.18 bits per heavy atom. The van der Waals surface area contributed by atoms with Crippen molar-refractivity contribution < 1.29 is 23.7 Å². The maximum atomic E-state index is 6.63. The summed E-state index contributed by atoms with van der Waals surface area (Å²) < 4.78 is 31.5. The van der Waals surface area contributed by atoms with E-state index in [1.807, 2.05) is 0 Å². The van der Waals surface area contributed by atoms with Crippen LogP contribution in [0.4, 0.5) is 0 Å². The van der Waals surface area contributed by atoms with Gasteiger partial charge in [0.25, 0.3) is 0 Å². The van der Waals surface area contributed by atoms with Crippen molar-refractivity contribution in [3.63, 3.8) is 0 Å². The third-order valence-corrected chi connectivity index (χ3v) is 10.7. The van der Waals surface area contributed by atoms with Gasteiger partial charge in [0.1, 0.15) is 5.60 Å². The Kier molecular flexibility index (Phi) is 3.22. The Morgan fingerprint density at radius 1 is 0.714 bits per heavy atom. The lowest BCUT2D eigenvalue weighted by atomic mass is 9.44. The third kappa shape index (κ3) is 1.80. The molecular formula is C23H34O5. The topological polar surface area (TPSA) is 49.5 Å². The molecule has 0 N–H and O–H groups in total. The van der Waals surface area contributed by atoms with Crippen molar-refractivity contribution in [2.75, 3.05) is 26.4 Å². The lowest BCUT2D eigenvalue weighted by Crippen LogP contribution is -2.62. The van der Waals surface area contributed by atoms with E-state index in [9.17, 15) is 0 Å². The minimum atomic E-state index is -0.354. The summed E-state index contributed by atoms with van der Waals surface area (Å²) in [6.45, 7) is 8.04. The predicted molar refractivity (Wildman–Crippen MR) is 100 cm³/mol. The second-order valence-corrected chi connectivity index (χ2v) is 11.3. The third-order valence-electron chi connectivity index (χ3n) is 10.7. The number of epoxide rings is 1. The fraction of sp³-hybridized carbons (Fsp3) is 1.00. The molecule has 0 bridgehead atoms. The maximum Gasteiger partial charge on any atom is 0.174 e. The van der Waals surface area contributed by atoms with E-state index in [0.29, 0.717) is 12.0 Å². The van der Waals surface area contributed by atoms with Gasteiger partial charge < -0.3 is 23.7 Å². The largest absolute Gasteiger partial charge is 0.365 e. The van der Waals surface area contributed by atoms with Crippen LogP contribution in [0.3, 0.4) is 0 Å². The molecule has 3 spiro atoms. The molecule has 4 aliphatic carbocycles. The molecule has 7 atom stereocenters. The Balaban J connectivity index is 1.22. The van der Waals surface area contributed by atoms with Gasteiger partial charge in [0.2, 0.25) is 0 Å². The number of ether oxygens (including phenoxy) is 5. The SMILES string of the molecule is C[C@]12CCC3C(C[C@H]4O[C@]45CC4(CC[C@]35C)OCCO4)C1CCC21OCCO1. The lowest BCUT2D eigenvalue weighted by molar-refractivity contribution is -0.254. The molecule has 3 heterocycles. The normalized spacial score (nSPS) is 57.6. The minimum Gasteiger partial charge on any atom is -0.365 e. The highest BCUT2D eigenvalue weighted by Crippen LogP contribution is 2.75. The van der Waals surface area contributed by atoms with E-state index in [4.69, 9.17) is 23.7 Å². The molecule has 0 radical (unpaired) electrons. The van der Waals surface area contributed by atoms with E-state index in [-0.39, 0.29) is 28.0 Å². The Labute approximate surface area is 167 Å². The fourth-order valence-corrected chi connectivity index (χ4v) is 9.25. The Hall–Kier alpha value is -0.200. The fourth-order valence-electron chi connectivity index (χ4n) is 9.25. The van der Waals surface area contributed by atoms with Gasteiger partial charge in [-0.05, 0) is 49.9 Å². The first-order chi connectivity index (χ1) is 13.5. The van der Waals surface area contributed by atoms with E-state index in [1.165, 1.54) is 32.1 Å². The number of fused-ring (bicyclic) bond motifs is 5. The Morgan fingerprint density at radius 2 is 1.39 bits per heavy atom. The van der Waals surface area contributed by atoms with Crippen LogP contribution in [0.1, 0.15) is 65.2 Å².